The second kappa shape index (κ2) is 9.85. The van der Waals surface area contributed by atoms with E-state index >= 15 is 0 Å². The third kappa shape index (κ3) is 4.10. The van der Waals surface area contributed by atoms with Crippen molar-refractivity contribution in [3.8, 4) is 5.75 Å². The Balaban J connectivity index is 2.24. The molecule has 0 amide bonds. The number of hydrogen-bond donors (Lipinski definition) is 1. The Morgan fingerprint density at radius 2 is 1.58 bits per heavy atom. The molecule has 0 saturated heterocycles. The third-order valence-corrected chi connectivity index (χ3v) is 5.90. The molecule has 0 bridgehead atoms. The molecule has 0 aliphatic carbocycles. The van der Waals surface area contributed by atoms with Gasteiger partial charge in [-0.05, 0) is 57.9 Å². The van der Waals surface area contributed by atoms with Crippen LogP contribution in [0.4, 0.5) is 0 Å². The number of hydrogen-bond acceptors (Lipinski definition) is 8. The second-order valence-electron chi connectivity index (χ2n) is 8.40. The summed E-state index contributed by atoms with van der Waals surface area (Å²) in [5.41, 5.74) is 2.92. The van der Waals surface area contributed by atoms with Crippen LogP contribution in [-0.2, 0) is 23.8 Å². The molecule has 0 atom stereocenters. The number of carbonyl (C=O) groups is 3. The minimum Gasteiger partial charge on any atom is -0.505 e. The molecule has 4 rings (SSSR count). The van der Waals surface area contributed by atoms with E-state index in [1.165, 1.54) is 0 Å². The summed E-state index contributed by atoms with van der Waals surface area (Å²) >= 11 is 0. The summed E-state index contributed by atoms with van der Waals surface area (Å²) in [5, 5.41) is 12.0. The van der Waals surface area contributed by atoms with Crippen molar-refractivity contribution in [2.24, 2.45) is 0 Å². The lowest BCUT2D eigenvalue weighted by molar-refractivity contribution is -0.156. The quantitative estimate of drug-likeness (QED) is 0.230. The highest BCUT2D eigenvalue weighted by atomic mass is 16.6. The first-order valence-electron chi connectivity index (χ1n) is 11.8. The largest absolute Gasteiger partial charge is 0.505 e. The first-order chi connectivity index (χ1) is 17.2. The molecule has 0 aliphatic rings. The molecule has 2 heterocycles. The van der Waals surface area contributed by atoms with Crippen molar-refractivity contribution in [1.29, 1.82) is 0 Å². The smallest absolute Gasteiger partial charge is 0.342 e. The zero-order valence-corrected chi connectivity index (χ0v) is 20.9. The Bertz CT molecular complexity index is 1500. The van der Waals surface area contributed by atoms with E-state index < -0.39 is 23.8 Å². The molecular weight excluding hydrogens is 464 g/mol. The number of carbonyl (C=O) groups excluding carboxylic acids is 3. The molecular formula is C27H28N2O7. The number of pyridine rings is 1. The molecule has 0 aliphatic heterocycles. The van der Waals surface area contributed by atoms with Gasteiger partial charge in [-0.15, -0.1) is 0 Å². The summed E-state index contributed by atoms with van der Waals surface area (Å²) in [7, 11) is 0. The van der Waals surface area contributed by atoms with E-state index in [1.54, 1.807) is 50.4 Å². The molecule has 0 radical (unpaired) electrons. The van der Waals surface area contributed by atoms with Crippen molar-refractivity contribution in [1.82, 2.24) is 9.38 Å². The number of aryl methyl sites for hydroxylation is 2. The van der Waals surface area contributed by atoms with Gasteiger partial charge in [0.1, 0.15) is 22.2 Å². The summed E-state index contributed by atoms with van der Waals surface area (Å²) in [6.07, 6.45) is 1.74. The van der Waals surface area contributed by atoms with E-state index in [0.29, 0.717) is 27.5 Å². The molecule has 1 N–H and O–H groups in total. The van der Waals surface area contributed by atoms with Gasteiger partial charge in [0.05, 0.1) is 19.8 Å². The minimum atomic E-state index is -1.42. The highest BCUT2D eigenvalue weighted by molar-refractivity contribution is 6.21. The Morgan fingerprint density at radius 3 is 2.19 bits per heavy atom. The lowest BCUT2D eigenvalue weighted by atomic mass is 9.88. The second-order valence-corrected chi connectivity index (χ2v) is 8.40. The van der Waals surface area contributed by atoms with Gasteiger partial charge in [-0.2, -0.15) is 0 Å². The van der Waals surface area contributed by atoms with E-state index in [4.69, 9.17) is 19.2 Å². The zero-order valence-electron chi connectivity index (χ0n) is 20.9. The van der Waals surface area contributed by atoms with Gasteiger partial charge in [0.25, 0.3) is 0 Å². The number of aromatic nitrogens is 2. The van der Waals surface area contributed by atoms with Crippen molar-refractivity contribution < 1.29 is 33.7 Å². The highest BCUT2D eigenvalue weighted by Crippen LogP contribution is 2.42. The van der Waals surface area contributed by atoms with Crippen LogP contribution in [0.3, 0.4) is 0 Å². The molecule has 0 unspecified atom stereocenters. The summed E-state index contributed by atoms with van der Waals surface area (Å²) in [6.45, 7) is 8.86. The van der Waals surface area contributed by atoms with E-state index in [-0.39, 0.29) is 42.2 Å². The van der Waals surface area contributed by atoms with Gasteiger partial charge in [-0.25, -0.2) is 9.78 Å². The van der Waals surface area contributed by atoms with Crippen molar-refractivity contribution >= 4 is 45.4 Å². The van der Waals surface area contributed by atoms with Gasteiger partial charge in [-0.3, -0.25) is 14.0 Å². The van der Waals surface area contributed by atoms with Crippen molar-refractivity contribution in [2.45, 2.75) is 40.5 Å². The van der Waals surface area contributed by atoms with Gasteiger partial charge in [0.2, 0.25) is 0 Å². The Labute approximate surface area is 207 Å². The number of benzene rings is 2. The Hall–Kier alpha value is -4.14. The summed E-state index contributed by atoms with van der Waals surface area (Å²) in [4.78, 5) is 44.0. The number of aromatic hydroxyl groups is 1. The fourth-order valence-electron chi connectivity index (χ4n) is 4.51. The SMILES string of the molecule is CCOC(=O)c1c(O)c2c(nc3cc(C)ccn32)c2c(C(C(=O)OCC)C(=O)OCC)cc(C)cc12. The van der Waals surface area contributed by atoms with Gasteiger partial charge in [-0.1, -0.05) is 17.7 Å². The monoisotopic (exact) mass is 492 g/mol. The molecule has 0 fully saturated rings. The zero-order chi connectivity index (χ0) is 26.1. The van der Waals surface area contributed by atoms with Crippen LogP contribution in [0.2, 0.25) is 0 Å². The van der Waals surface area contributed by atoms with Gasteiger partial charge < -0.3 is 19.3 Å². The van der Waals surface area contributed by atoms with E-state index in [1.807, 2.05) is 19.1 Å². The molecule has 2 aromatic heterocycles. The standard InChI is InChI=1S/C27H28N2O7/c1-6-34-25(31)20-16-11-15(5)12-17(21(26(32)35-7-2)27(33)36-8-3)19(16)22-23(24(20)30)29-10-9-14(4)13-18(29)28-22/h9-13,21,30H,6-8H2,1-5H3. The first kappa shape index (κ1) is 25.0. The molecule has 4 aromatic rings. The maximum Gasteiger partial charge on any atom is 0.342 e. The van der Waals surface area contributed by atoms with Gasteiger partial charge in [0.15, 0.2) is 11.7 Å². The number of esters is 3. The maximum atomic E-state index is 13.1. The third-order valence-electron chi connectivity index (χ3n) is 5.90. The Kier molecular flexibility index (Phi) is 6.83. The summed E-state index contributed by atoms with van der Waals surface area (Å²) < 4.78 is 17.4. The summed E-state index contributed by atoms with van der Waals surface area (Å²) in [6, 6.07) is 7.06. The number of imidazole rings is 1. The van der Waals surface area contributed by atoms with Gasteiger partial charge >= 0.3 is 17.9 Å². The Morgan fingerprint density at radius 1 is 0.944 bits per heavy atom. The fourth-order valence-corrected chi connectivity index (χ4v) is 4.51. The number of phenols is 1. The number of fused-ring (bicyclic) bond motifs is 5. The van der Waals surface area contributed by atoms with Gasteiger partial charge in [0, 0.05) is 17.0 Å². The van der Waals surface area contributed by atoms with Crippen LogP contribution in [0.25, 0.3) is 27.5 Å². The average molecular weight is 493 g/mol. The molecule has 9 heteroatoms. The van der Waals surface area contributed by atoms with Crippen LogP contribution in [0.5, 0.6) is 5.75 Å². The molecule has 2 aromatic carbocycles. The van der Waals surface area contributed by atoms with Crippen molar-refractivity contribution in [3.05, 3.63) is 52.7 Å². The van der Waals surface area contributed by atoms with E-state index in [9.17, 15) is 19.5 Å². The molecule has 0 spiro atoms. The molecule has 0 saturated carbocycles. The summed E-state index contributed by atoms with van der Waals surface area (Å²) in [5.74, 6) is -4.00. The number of rotatable bonds is 7. The van der Waals surface area contributed by atoms with Crippen LogP contribution in [0, 0.1) is 13.8 Å². The number of phenolic OH excluding ortho intramolecular Hbond substituents is 1. The van der Waals surface area contributed by atoms with Crippen LogP contribution < -0.4 is 0 Å². The minimum absolute atomic E-state index is 0.0659. The first-order valence-corrected chi connectivity index (χ1v) is 11.8. The highest BCUT2D eigenvalue weighted by Gasteiger charge is 2.36. The normalized spacial score (nSPS) is 11.4. The average Bonchev–Trinajstić information content (AvgIpc) is 3.18. The van der Waals surface area contributed by atoms with Crippen LogP contribution in [-0.4, -0.2) is 52.2 Å². The molecule has 36 heavy (non-hydrogen) atoms. The lowest BCUT2D eigenvalue weighted by Crippen LogP contribution is -2.26. The molecule has 9 nitrogen and oxygen atoms in total. The van der Waals surface area contributed by atoms with Crippen LogP contribution >= 0.6 is 0 Å². The van der Waals surface area contributed by atoms with E-state index in [2.05, 4.69) is 0 Å². The molecule has 188 valence electrons. The van der Waals surface area contributed by atoms with Crippen LogP contribution in [0.15, 0.2) is 30.5 Å². The van der Waals surface area contributed by atoms with Crippen molar-refractivity contribution in [2.75, 3.05) is 19.8 Å². The fraction of sp³-hybridized carbons (Fsp3) is 0.333. The number of nitrogens with zero attached hydrogens (tertiary/aromatic N) is 2. The lowest BCUT2D eigenvalue weighted by Gasteiger charge is -2.19. The van der Waals surface area contributed by atoms with E-state index in [0.717, 1.165) is 5.56 Å². The number of ether oxygens (including phenoxy) is 3. The predicted molar refractivity (Wildman–Crippen MR) is 133 cm³/mol. The topological polar surface area (TPSA) is 116 Å². The van der Waals surface area contributed by atoms with Crippen molar-refractivity contribution in [3.63, 3.8) is 0 Å². The maximum absolute atomic E-state index is 13.1. The predicted octanol–water partition coefficient (Wildman–Crippen LogP) is 4.35. The van der Waals surface area contributed by atoms with Crippen LogP contribution in [0.1, 0.15) is 53.7 Å².